The Hall–Kier alpha value is -1.10. The van der Waals surface area contributed by atoms with Crippen LogP contribution in [0.25, 0.3) is 0 Å². The van der Waals surface area contributed by atoms with Gasteiger partial charge in [-0.15, -0.1) is 0 Å². The van der Waals surface area contributed by atoms with Gasteiger partial charge in [0.2, 0.25) is 5.91 Å². The van der Waals surface area contributed by atoms with Crippen LogP contribution in [0.3, 0.4) is 0 Å². The van der Waals surface area contributed by atoms with E-state index in [-0.39, 0.29) is 18.6 Å². The van der Waals surface area contributed by atoms with E-state index in [1.807, 2.05) is 13.8 Å². The van der Waals surface area contributed by atoms with E-state index in [2.05, 4.69) is 0 Å². The maximum Gasteiger partial charge on any atom is 0.307 e. The zero-order chi connectivity index (χ0) is 14.2. The van der Waals surface area contributed by atoms with Crippen LogP contribution in [0.15, 0.2) is 0 Å². The van der Waals surface area contributed by atoms with Gasteiger partial charge in [-0.3, -0.25) is 9.59 Å². The average molecular weight is 269 g/mol. The molecule has 108 valence electrons. The minimum Gasteiger partial charge on any atom is -0.481 e. The molecule has 2 rings (SSSR count). The Morgan fingerprint density at radius 2 is 1.79 bits per heavy atom. The van der Waals surface area contributed by atoms with E-state index in [1.165, 1.54) is 0 Å². The molecule has 0 aromatic heterocycles. The predicted octanol–water partition coefficient (Wildman–Crippen LogP) is 1.11. The average Bonchev–Trinajstić information content (AvgIpc) is 2.73. The van der Waals surface area contributed by atoms with Crippen LogP contribution < -0.4 is 0 Å². The lowest BCUT2D eigenvalue weighted by molar-refractivity contribution is -0.143. The first-order valence-corrected chi connectivity index (χ1v) is 7.05. The Balaban J connectivity index is 2.10. The first kappa shape index (κ1) is 14.3. The molecular weight excluding hydrogens is 246 g/mol. The van der Waals surface area contributed by atoms with Crippen molar-refractivity contribution in [2.24, 2.45) is 17.3 Å². The Bertz CT molecular complexity index is 374. The number of nitrogens with zero attached hydrogens (tertiary/aromatic N) is 1. The van der Waals surface area contributed by atoms with E-state index in [9.17, 15) is 9.59 Å². The number of hydrogen-bond acceptors (Lipinski definition) is 3. The SMILES string of the molecule is CC1(C)C(C(=O)O)C1C(=O)N(CCO)C1CCCC1. The highest BCUT2D eigenvalue weighted by molar-refractivity contribution is 5.91. The topological polar surface area (TPSA) is 77.8 Å². The zero-order valence-electron chi connectivity index (χ0n) is 11.6. The summed E-state index contributed by atoms with van der Waals surface area (Å²) in [4.78, 5) is 25.5. The van der Waals surface area contributed by atoms with Gasteiger partial charge in [0, 0.05) is 12.6 Å². The van der Waals surface area contributed by atoms with Crippen LogP contribution in [0.1, 0.15) is 39.5 Å². The number of aliphatic carboxylic acids is 1. The van der Waals surface area contributed by atoms with Gasteiger partial charge in [-0.05, 0) is 18.3 Å². The van der Waals surface area contributed by atoms with E-state index >= 15 is 0 Å². The molecule has 2 unspecified atom stereocenters. The molecule has 0 aromatic rings. The first-order valence-electron chi connectivity index (χ1n) is 7.05. The monoisotopic (exact) mass is 269 g/mol. The molecule has 0 radical (unpaired) electrons. The van der Waals surface area contributed by atoms with Gasteiger partial charge >= 0.3 is 5.97 Å². The van der Waals surface area contributed by atoms with Crippen molar-refractivity contribution < 1.29 is 19.8 Å². The fourth-order valence-electron chi connectivity index (χ4n) is 3.53. The number of aliphatic hydroxyl groups excluding tert-OH is 1. The van der Waals surface area contributed by atoms with Gasteiger partial charge in [0.25, 0.3) is 0 Å². The quantitative estimate of drug-likeness (QED) is 0.783. The fourth-order valence-corrected chi connectivity index (χ4v) is 3.53. The summed E-state index contributed by atoms with van der Waals surface area (Å²) in [5.74, 6) is -1.99. The second kappa shape index (κ2) is 5.12. The molecule has 2 atom stereocenters. The largest absolute Gasteiger partial charge is 0.481 e. The molecule has 2 aliphatic carbocycles. The van der Waals surface area contributed by atoms with Gasteiger partial charge < -0.3 is 15.1 Å². The van der Waals surface area contributed by atoms with Crippen LogP contribution in [0.2, 0.25) is 0 Å². The lowest BCUT2D eigenvalue weighted by Gasteiger charge is -2.29. The maximum absolute atomic E-state index is 12.6. The van der Waals surface area contributed by atoms with Gasteiger partial charge in [-0.2, -0.15) is 0 Å². The Morgan fingerprint density at radius 1 is 1.21 bits per heavy atom. The number of aliphatic hydroxyl groups is 1. The number of rotatable bonds is 5. The van der Waals surface area contributed by atoms with Crippen LogP contribution in [-0.2, 0) is 9.59 Å². The highest BCUT2D eigenvalue weighted by Gasteiger charge is 2.66. The van der Waals surface area contributed by atoms with Crippen LogP contribution in [0, 0.1) is 17.3 Å². The third-order valence-corrected chi connectivity index (χ3v) is 4.75. The molecule has 5 heteroatoms. The van der Waals surface area contributed by atoms with Crippen molar-refractivity contribution in [3.05, 3.63) is 0 Å². The Labute approximate surface area is 113 Å². The van der Waals surface area contributed by atoms with Crippen molar-refractivity contribution in [2.45, 2.75) is 45.6 Å². The molecule has 0 heterocycles. The predicted molar refractivity (Wildman–Crippen MR) is 69.5 cm³/mol. The van der Waals surface area contributed by atoms with Gasteiger partial charge in [-0.25, -0.2) is 0 Å². The summed E-state index contributed by atoms with van der Waals surface area (Å²) in [6.45, 7) is 3.93. The summed E-state index contributed by atoms with van der Waals surface area (Å²) in [5.41, 5.74) is -0.463. The molecule has 0 saturated heterocycles. The second-order valence-corrected chi connectivity index (χ2v) is 6.31. The van der Waals surface area contributed by atoms with Crippen molar-refractivity contribution in [1.82, 2.24) is 4.90 Å². The third-order valence-electron chi connectivity index (χ3n) is 4.75. The molecule has 0 aliphatic heterocycles. The van der Waals surface area contributed by atoms with Crippen LogP contribution >= 0.6 is 0 Å². The van der Waals surface area contributed by atoms with Gasteiger partial charge in [0.15, 0.2) is 0 Å². The number of hydrogen-bond donors (Lipinski definition) is 2. The van der Waals surface area contributed by atoms with E-state index < -0.39 is 23.2 Å². The van der Waals surface area contributed by atoms with E-state index in [0.717, 1.165) is 25.7 Å². The van der Waals surface area contributed by atoms with Crippen LogP contribution in [0.4, 0.5) is 0 Å². The molecule has 2 aliphatic rings. The summed E-state index contributed by atoms with van der Waals surface area (Å²) in [7, 11) is 0. The second-order valence-electron chi connectivity index (χ2n) is 6.31. The van der Waals surface area contributed by atoms with Crippen molar-refractivity contribution in [3.63, 3.8) is 0 Å². The van der Waals surface area contributed by atoms with Gasteiger partial charge in [0.05, 0.1) is 18.4 Å². The Morgan fingerprint density at radius 3 is 2.21 bits per heavy atom. The molecule has 2 fully saturated rings. The lowest BCUT2D eigenvalue weighted by atomic mass is 10.1. The smallest absolute Gasteiger partial charge is 0.307 e. The molecule has 0 spiro atoms. The number of carbonyl (C=O) groups is 2. The summed E-state index contributed by atoms with van der Waals surface area (Å²) < 4.78 is 0. The molecule has 2 N–H and O–H groups in total. The molecule has 19 heavy (non-hydrogen) atoms. The molecule has 5 nitrogen and oxygen atoms in total. The first-order chi connectivity index (χ1) is 8.91. The molecular formula is C14H23NO4. The van der Waals surface area contributed by atoms with Gasteiger partial charge in [0.1, 0.15) is 0 Å². The van der Waals surface area contributed by atoms with E-state index in [4.69, 9.17) is 10.2 Å². The highest BCUT2D eigenvalue weighted by Crippen LogP contribution is 2.59. The molecule has 2 saturated carbocycles. The van der Waals surface area contributed by atoms with E-state index in [1.54, 1.807) is 4.90 Å². The van der Waals surface area contributed by atoms with Crippen LogP contribution in [-0.4, -0.2) is 46.2 Å². The number of carbonyl (C=O) groups excluding carboxylic acids is 1. The van der Waals surface area contributed by atoms with E-state index in [0.29, 0.717) is 6.54 Å². The minimum atomic E-state index is -0.890. The summed E-state index contributed by atoms with van der Waals surface area (Å²) >= 11 is 0. The molecule has 0 bridgehead atoms. The standard InChI is InChI=1S/C14H23NO4/c1-14(2)10(11(14)13(18)19)12(17)15(7-8-16)9-5-3-4-6-9/h9-11,16H,3-8H2,1-2H3,(H,18,19). The fraction of sp³-hybridized carbons (Fsp3) is 0.857. The Kier molecular flexibility index (Phi) is 3.85. The number of carboxylic acids is 1. The van der Waals surface area contributed by atoms with Crippen molar-refractivity contribution in [1.29, 1.82) is 0 Å². The van der Waals surface area contributed by atoms with Crippen LogP contribution in [0.5, 0.6) is 0 Å². The van der Waals surface area contributed by atoms with Gasteiger partial charge in [-0.1, -0.05) is 26.7 Å². The minimum absolute atomic E-state index is 0.0624. The normalized spacial score (nSPS) is 29.2. The zero-order valence-corrected chi connectivity index (χ0v) is 11.6. The summed E-state index contributed by atoms with van der Waals surface area (Å²) in [6, 6.07) is 0.186. The lowest BCUT2D eigenvalue weighted by Crippen LogP contribution is -2.42. The van der Waals surface area contributed by atoms with Crippen molar-refractivity contribution in [3.8, 4) is 0 Å². The number of carboxylic acid groups (broad SMARTS) is 1. The van der Waals surface area contributed by atoms with Crippen molar-refractivity contribution in [2.75, 3.05) is 13.2 Å². The molecule has 0 aromatic carbocycles. The maximum atomic E-state index is 12.6. The van der Waals surface area contributed by atoms with Crippen molar-refractivity contribution >= 4 is 11.9 Å². The summed E-state index contributed by atoms with van der Waals surface area (Å²) in [5, 5.41) is 18.3. The number of amides is 1. The third kappa shape index (κ3) is 2.48. The highest BCUT2D eigenvalue weighted by atomic mass is 16.4. The summed E-state index contributed by atoms with van der Waals surface area (Å²) in [6.07, 6.45) is 4.15. The molecule has 1 amide bonds.